The average Bonchev–Trinajstić information content (AvgIpc) is 3.18. The molecule has 3 aromatic rings. The van der Waals surface area contributed by atoms with Crippen LogP contribution in [0.2, 0.25) is 5.02 Å². The molecule has 4 rings (SSSR count). The number of allylic oxidation sites excluding steroid dienone is 2. The van der Waals surface area contributed by atoms with E-state index in [2.05, 4.69) is 0 Å². The molecule has 1 heterocycles. The van der Waals surface area contributed by atoms with E-state index in [1.165, 1.54) is 6.07 Å². The summed E-state index contributed by atoms with van der Waals surface area (Å²) in [6.45, 7) is 3.67. The van der Waals surface area contributed by atoms with Crippen molar-refractivity contribution in [1.29, 1.82) is 0 Å². The lowest BCUT2D eigenvalue weighted by Crippen LogP contribution is -2.29. The van der Waals surface area contributed by atoms with Crippen LogP contribution in [0.4, 0.5) is 0 Å². The molecular formula is C25H19ClO7. The number of Topliss-reactive ketones (excluding diaryl/α,β-unsaturated/α-hetero) is 1. The summed E-state index contributed by atoms with van der Waals surface area (Å²) in [7, 11) is 0. The number of phenolic OH excluding ortho intramolecular Hbond substituents is 2. The molecule has 0 radical (unpaired) electrons. The summed E-state index contributed by atoms with van der Waals surface area (Å²) in [6, 6.07) is 8.61. The van der Waals surface area contributed by atoms with Crippen LogP contribution in [0.25, 0.3) is 11.0 Å². The van der Waals surface area contributed by atoms with Crippen LogP contribution in [0, 0.1) is 0 Å². The number of ketones is 2. The molecule has 1 aromatic heterocycles. The van der Waals surface area contributed by atoms with Crippen molar-refractivity contribution in [3.8, 4) is 11.5 Å². The minimum absolute atomic E-state index is 0.0921. The number of carbonyl (C=O) groups is 3. The van der Waals surface area contributed by atoms with E-state index in [1.54, 1.807) is 24.3 Å². The number of halogens is 1. The first-order valence-electron chi connectivity index (χ1n) is 10.0. The largest absolute Gasteiger partial charge is 0.507 e. The summed E-state index contributed by atoms with van der Waals surface area (Å²) in [5.74, 6) is -3.19. The van der Waals surface area contributed by atoms with Crippen molar-refractivity contribution in [2.75, 3.05) is 0 Å². The van der Waals surface area contributed by atoms with Crippen LogP contribution in [-0.4, -0.2) is 33.9 Å². The first-order valence-corrected chi connectivity index (χ1v) is 10.4. The minimum Gasteiger partial charge on any atom is -0.507 e. The normalized spacial score (nSPS) is 14.0. The first-order chi connectivity index (χ1) is 15.7. The number of benzene rings is 2. The van der Waals surface area contributed by atoms with E-state index in [9.17, 15) is 24.6 Å². The van der Waals surface area contributed by atoms with Crippen molar-refractivity contribution in [2.45, 2.75) is 26.4 Å². The van der Waals surface area contributed by atoms with Gasteiger partial charge < -0.3 is 19.4 Å². The Morgan fingerprint density at radius 3 is 2.48 bits per heavy atom. The molecule has 2 N–H and O–H groups in total. The monoisotopic (exact) mass is 466 g/mol. The number of hydrogen-bond acceptors (Lipinski definition) is 7. The lowest BCUT2D eigenvalue weighted by molar-refractivity contribution is 0.0339. The molecule has 0 bridgehead atoms. The Morgan fingerprint density at radius 1 is 1.09 bits per heavy atom. The third kappa shape index (κ3) is 4.27. The molecule has 1 aliphatic rings. The van der Waals surface area contributed by atoms with E-state index < -0.39 is 35.1 Å². The molecule has 7 nitrogen and oxygen atoms in total. The number of hydrogen-bond donors (Lipinski definition) is 2. The Kier molecular flexibility index (Phi) is 5.82. The van der Waals surface area contributed by atoms with Gasteiger partial charge in [-0.05, 0) is 56.3 Å². The summed E-state index contributed by atoms with van der Waals surface area (Å²) in [5, 5.41) is 21.3. The fraction of sp³-hybridized carbons (Fsp3) is 0.160. The molecule has 0 saturated heterocycles. The number of ether oxygens (including phenoxy) is 1. The fourth-order valence-corrected chi connectivity index (χ4v) is 3.79. The Balaban J connectivity index is 1.71. The van der Waals surface area contributed by atoms with Crippen molar-refractivity contribution < 1.29 is 33.8 Å². The van der Waals surface area contributed by atoms with Gasteiger partial charge in [0.25, 0.3) is 0 Å². The van der Waals surface area contributed by atoms with Crippen LogP contribution in [0.1, 0.15) is 51.5 Å². The van der Waals surface area contributed by atoms with Crippen molar-refractivity contribution in [3.63, 3.8) is 0 Å². The molecule has 8 heteroatoms. The van der Waals surface area contributed by atoms with Crippen LogP contribution >= 0.6 is 11.6 Å². The predicted molar refractivity (Wildman–Crippen MR) is 121 cm³/mol. The third-order valence-electron chi connectivity index (χ3n) is 5.20. The summed E-state index contributed by atoms with van der Waals surface area (Å²) in [4.78, 5) is 38.7. The molecule has 33 heavy (non-hydrogen) atoms. The third-order valence-corrected chi connectivity index (χ3v) is 5.43. The van der Waals surface area contributed by atoms with E-state index in [1.807, 2.05) is 13.8 Å². The molecule has 0 saturated carbocycles. The van der Waals surface area contributed by atoms with Gasteiger partial charge in [0, 0.05) is 22.4 Å². The highest BCUT2D eigenvalue weighted by atomic mass is 35.5. The van der Waals surface area contributed by atoms with Gasteiger partial charge in [-0.3, -0.25) is 9.59 Å². The van der Waals surface area contributed by atoms with Gasteiger partial charge in [-0.15, -0.1) is 0 Å². The van der Waals surface area contributed by atoms with Crippen molar-refractivity contribution in [2.24, 2.45) is 0 Å². The summed E-state index contributed by atoms with van der Waals surface area (Å²) in [6.07, 6.45) is 1.77. The zero-order chi connectivity index (χ0) is 23.9. The Hall–Kier alpha value is -3.84. The smallest absolute Gasteiger partial charge is 0.374 e. The molecule has 0 amide bonds. The molecular weight excluding hydrogens is 448 g/mol. The standard InChI is InChI=1S/C25H19ClO7/c1-12(2)3-7-20(33-25(31)21-10-13-9-14(26)4-8-19(13)32-21)15-11-18(29)22-16(27)5-6-17(28)23(22)24(15)30/h3-6,8-11,20,27-28H,7H2,1-2H3/t20-/m1/s1. The van der Waals surface area contributed by atoms with Crippen molar-refractivity contribution in [3.05, 3.63) is 81.6 Å². The van der Waals surface area contributed by atoms with Gasteiger partial charge in [0.05, 0.1) is 11.1 Å². The highest BCUT2D eigenvalue weighted by Crippen LogP contribution is 2.36. The van der Waals surface area contributed by atoms with E-state index >= 15 is 0 Å². The molecule has 0 fully saturated rings. The maximum Gasteiger partial charge on any atom is 0.374 e. The summed E-state index contributed by atoms with van der Waals surface area (Å²) in [5.41, 5.74) is 0.618. The number of aromatic hydroxyl groups is 2. The second-order valence-electron chi connectivity index (χ2n) is 7.85. The van der Waals surface area contributed by atoms with Gasteiger partial charge in [-0.1, -0.05) is 23.3 Å². The van der Waals surface area contributed by atoms with Crippen molar-refractivity contribution >= 4 is 40.1 Å². The second-order valence-corrected chi connectivity index (χ2v) is 8.29. The average molecular weight is 467 g/mol. The lowest BCUT2D eigenvalue weighted by Gasteiger charge is -2.23. The Labute approximate surface area is 193 Å². The number of furan rings is 1. The second kappa shape index (κ2) is 8.60. The molecule has 0 unspecified atom stereocenters. The molecule has 0 spiro atoms. The molecule has 168 valence electrons. The predicted octanol–water partition coefficient (Wildman–Crippen LogP) is 5.38. The van der Waals surface area contributed by atoms with Gasteiger partial charge in [-0.25, -0.2) is 4.79 Å². The highest BCUT2D eigenvalue weighted by Gasteiger charge is 2.36. The van der Waals surface area contributed by atoms with Crippen LogP contribution in [0.5, 0.6) is 11.5 Å². The van der Waals surface area contributed by atoms with Gasteiger partial charge in [0.1, 0.15) is 23.2 Å². The molecule has 2 aromatic carbocycles. The van der Waals surface area contributed by atoms with E-state index in [-0.39, 0.29) is 28.9 Å². The van der Waals surface area contributed by atoms with Gasteiger partial charge >= 0.3 is 5.97 Å². The van der Waals surface area contributed by atoms with Gasteiger partial charge in [0.15, 0.2) is 11.6 Å². The van der Waals surface area contributed by atoms with E-state index in [4.69, 9.17) is 20.8 Å². The number of phenols is 2. The number of carbonyl (C=O) groups excluding carboxylic acids is 3. The fourth-order valence-electron chi connectivity index (χ4n) is 3.61. The topological polar surface area (TPSA) is 114 Å². The SMILES string of the molecule is CC(C)=CC[C@@H](OC(=O)c1cc2cc(Cl)ccc2o1)C1=CC(=O)c2c(O)ccc(O)c2C1=O. The number of fused-ring (bicyclic) bond motifs is 2. The van der Waals surface area contributed by atoms with Gasteiger partial charge in [-0.2, -0.15) is 0 Å². The zero-order valence-corrected chi connectivity index (χ0v) is 18.5. The van der Waals surface area contributed by atoms with Crippen LogP contribution in [-0.2, 0) is 4.74 Å². The molecule has 1 aliphatic carbocycles. The summed E-state index contributed by atoms with van der Waals surface area (Å²) < 4.78 is 11.1. The maximum absolute atomic E-state index is 13.2. The van der Waals surface area contributed by atoms with Crippen LogP contribution < -0.4 is 0 Å². The first kappa shape index (κ1) is 22.4. The summed E-state index contributed by atoms with van der Waals surface area (Å²) >= 11 is 5.98. The Bertz CT molecular complexity index is 1370. The van der Waals surface area contributed by atoms with Crippen LogP contribution in [0.3, 0.4) is 0 Å². The van der Waals surface area contributed by atoms with Crippen LogP contribution in [0.15, 0.2) is 64.1 Å². The van der Waals surface area contributed by atoms with E-state index in [0.29, 0.717) is 16.0 Å². The molecule has 0 aliphatic heterocycles. The number of esters is 1. The van der Waals surface area contributed by atoms with E-state index in [0.717, 1.165) is 23.8 Å². The molecule has 1 atom stereocenters. The maximum atomic E-state index is 13.2. The number of rotatable bonds is 5. The lowest BCUT2D eigenvalue weighted by atomic mass is 9.85. The van der Waals surface area contributed by atoms with Gasteiger partial charge in [0.2, 0.25) is 5.76 Å². The Morgan fingerprint density at radius 2 is 1.79 bits per heavy atom. The highest BCUT2D eigenvalue weighted by molar-refractivity contribution is 6.31. The van der Waals surface area contributed by atoms with Crippen molar-refractivity contribution in [1.82, 2.24) is 0 Å². The quantitative estimate of drug-likeness (QED) is 0.294. The minimum atomic E-state index is -1.13. The zero-order valence-electron chi connectivity index (χ0n) is 17.7.